The summed E-state index contributed by atoms with van der Waals surface area (Å²) in [5.74, 6) is -0.739. The van der Waals surface area contributed by atoms with Crippen LogP contribution in [0.25, 0.3) is 0 Å². The molecule has 1 saturated carbocycles. The second-order valence-corrected chi connectivity index (χ2v) is 8.18. The predicted octanol–water partition coefficient (Wildman–Crippen LogP) is 1.88. The summed E-state index contributed by atoms with van der Waals surface area (Å²) < 4.78 is 26.9. The minimum absolute atomic E-state index is 0.0310. The van der Waals surface area contributed by atoms with Crippen molar-refractivity contribution in [3.63, 3.8) is 0 Å². The summed E-state index contributed by atoms with van der Waals surface area (Å²) in [4.78, 5) is 24.5. The summed E-state index contributed by atoms with van der Waals surface area (Å²) in [6.45, 7) is 1.58. The van der Waals surface area contributed by atoms with Crippen LogP contribution in [-0.4, -0.2) is 32.3 Å². The van der Waals surface area contributed by atoms with E-state index < -0.39 is 22.0 Å². The van der Waals surface area contributed by atoms with Gasteiger partial charge in [0.2, 0.25) is 15.9 Å². The molecule has 27 heavy (non-hydrogen) atoms. The maximum absolute atomic E-state index is 12.3. The summed E-state index contributed by atoms with van der Waals surface area (Å²) in [7, 11) is -3.52. The van der Waals surface area contributed by atoms with Gasteiger partial charge in [-0.3, -0.25) is 9.59 Å². The zero-order valence-corrected chi connectivity index (χ0v) is 15.6. The number of sulfonamides is 1. The SMILES string of the molecule is CC(NC(=O)c1ccccc1)C(=O)Nc1ccc(S(=O)(=O)NC2CC2)cc1. The highest BCUT2D eigenvalue weighted by atomic mass is 32.2. The van der Waals surface area contributed by atoms with E-state index in [0.717, 1.165) is 12.8 Å². The van der Waals surface area contributed by atoms with Gasteiger partial charge in [0.25, 0.3) is 5.91 Å². The number of hydrogen-bond donors (Lipinski definition) is 3. The third kappa shape index (κ3) is 5.15. The monoisotopic (exact) mass is 387 g/mol. The van der Waals surface area contributed by atoms with Gasteiger partial charge in [0, 0.05) is 17.3 Å². The number of hydrogen-bond acceptors (Lipinski definition) is 4. The maximum atomic E-state index is 12.3. The number of anilines is 1. The lowest BCUT2D eigenvalue weighted by Gasteiger charge is -2.14. The molecule has 1 atom stereocenters. The third-order valence-corrected chi connectivity index (χ3v) is 5.64. The molecule has 7 nitrogen and oxygen atoms in total. The quantitative estimate of drug-likeness (QED) is 0.675. The van der Waals surface area contributed by atoms with Gasteiger partial charge in [0.15, 0.2) is 0 Å². The fourth-order valence-electron chi connectivity index (χ4n) is 2.39. The van der Waals surface area contributed by atoms with Gasteiger partial charge >= 0.3 is 0 Å². The molecule has 0 aromatic heterocycles. The first-order chi connectivity index (χ1) is 12.8. The molecule has 2 aromatic rings. The molecule has 0 bridgehead atoms. The van der Waals surface area contributed by atoms with Crippen molar-refractivity contribution in [1.82, 2.24) is 10.0 Å². The topological polar surface area (TPSA) is 104 Å². The maximum Gasteiger partial charge on any atom is 0.251 e. The van der Waals surface area contributed by atoms with Gasteiger partial charge < -0.3 is 10.6 Å². The van der Waals surface area contributed by atoms with E-state index in [-0.39, 0.29) is 16.8 Å². The fourth-order valence-corrected chi connectivity index (χ4v) is 3.70. The van der Waals surface area contributed by atoms with E-state index in [9.17, 15) is 18.0 Å². The molecule has 0 aliphatic heterocycles. The van der Waals surface area contributed by atoms with Crippen LogP contribution in [0.5, 0.6) is 0 Å². The summed E-state index contributed by atoms with van der Waals surface area (Å²) in [5, 5.41) is 5.28. The highest BCUT2D eigenvalue weighted by Crippen LogP contribution is 2.22. The van der Waals surface area contributed by atoms with E-state index in [1.54, 1.807) is 37.3 Å². The molecule has 0 saturated heterocycles. The highest BCUT2D eigenvalue weighted by Gasteiger charge is 2.27. The van der Waals surface area contributed by atoms with Crippen LogP contribution in [0.15, 0.2) is 59.5 Å². The molecule has 0 spiro atoms. The predicted molar refractivity (Wildman–Crippen MR) is 102 cm³/mol. The average molecular weight is 387 g/mol. The molecular formula is C19H21N3O4S. The third-order valence-electron chi connectivity index (χ3n) is 4.11. The molecule has 1 aliphatic rings. The zero-order valence-electron chi connectivity index (χ0n) is 14.8. The lowest BCUT2D eigenvalue weighted by atomic mass is 10.2. The van der Waals surface area contributed by atoms with Gasteiger partial charge in [-0.15, -0.1) is 0 Å². The van der Waals surface area contributed by atoms with Crippen LogP contribution in [0, 0.1) is 0 Å². The summed E-state index contributed by atoms with van der Waals surface area (Å²) in [5.41, 5.74) is 0.918. The van der Waals surface area contributed by atoms with Gasteiger partial charge in [-0.05, 0) is 56.2 Å². The number of carbonyl (C=O) groups is 2. The van der Waals surface area contributed by atoms with Gasteiger partial charge in [0.1, 0.15) is 6.04 Å². The molecular weight excluding hydrogens is 366 g/mol. The Kier molecular flexibility index (Phi) is 5.57. The van der Waals surface area contributed by atoms with E-state index >= 15 is 0 Å². The second kappa shape index (κ2) is 7.89. The van der Waals surface area contributed by atoms with E-state index in [1.165, 1.54) is 24.3 Å². The number of rotatable bonds is 7. The van der Waals surface area contributed by atoms with Crippen molar-refractivity contribution < 1.29 is 18.0 Å². The molecule has 2 aromatic carbocycles. The molecule has 2 amide bonds. The molecule has 8 heteroatoms. The standard InChI is InChI=1S/C19H21N3O4S/c1-13(20-19(24)14-5-3-2-4-6-14)18(23)21-15-9-11-17(12-10-15)27(25,26)22-16-7-8-16/h2-6,9-13,16,22H,7-8H2,1H3,(H,20,24)(H,21,23). The number of carbonyl (C=O) groups excluding carboxylic acids is 2. The largest absolute Gasteiger partial charge is 0.341 e. The lowest BCUT2D eigenvalue weighted by molar-refractivity contribution is -0.117. The van der Waals surface area contributed by atoms with Gasteiger partial charge in [0.05, 0.1) is 4.90 Å². The van der Waals surface area contributed by atoms with E-state index in [2.05, 4.69) is 15.4 Å². The Hall–Kier alpha value is -2.71. The van der Waals surface area contributed by atoms with Crippen LogP contribution in [-0.2, 0) is 14.8 Å². The van der Waals surface area contributed by atoms with E-state index in [1.807, 2.05) is 0 Å². The van der Waals surface area contributed by atoms with Crippen LogP contribution in [0.2, 0.25) is 0 Å². The van der Waals surface area contributed by atoms with Crippen molar-refractivity contribution in [2.24, 2.45) is 0 Å². The molecule has 1 fully saturated rings. The minimum atomic E-state index is -3.52. The number of amides is 2. The van der Waals surface area contributed by atoms with Crippen molar-refractivity contribution in [3.8, 4) is 0 Å². The Bertz CT molecular complexity index is 923. The first-order valence-electron chi connectivity index (χ1n) is 8.64. The van der Waals surface area contributed by atoms with Crippen molar-refractivity contribution in [2.45, 2.75) is 36.7 Å². The van der Waals surface area contributed by atoms with Crippen molar-refractivity contribution >= 4 is 27.5 Å². The first-order valence-corrected chi connectivity index (χ1v) is 10.1. The van der Waals surface area contributed by atoms with Gasteiger partial charge in [-0.1, -0.05) is 18.2 Å². The number of nitrogens with one attached hydrogen (secondary N) is 3. The Morgan fingerprint density at radius 1 is 1.00 bits per heavy atom. The average Bonchev–Trinajstić information content (AvgIpc) is 3.46. The second-order valence-electron chi connectivity index (χ2n) is 6.47. The van der Waals surface area contributed by atoms with E-state index in [4.69, 9.17) is 0 Å². The molecule has 142 valence electrons. The van der Waals surface area contributed by atoms with Crippen LogP contribution >= 0.6 is 0 Å². The Balaban J connectivity index is 1.57. The Morgan fingerprint density at radius 3 is 2.22 bits per heavy atom. The Labute approximate surface area is 158 Å². The van der Waals surface area contributed by atoms with Crippen molar-refractivity contribution in [3.05, 3.63) is 60.2 Å². The number of benzene rings is 2. The van der Waals surface area contributed by atoms with Crippen LogP contribution in [0.3, 0.4) is 0 Å². The van der Waals surface area contributed by atoms with Crippen LogP contribution in [0.4, 0.5) is 5.69 Å². The van der Waals surface area contributed by atoms with Gasteiger partial charge in [-0.25, -0.2) is 13.1 Å². The lowest BCUT2D eigenvalue weighted by Crippen LogP contribution is -2.41. The van der Waals surface area contributed by atoms with Crippen LogP contribution in [0.1, 0.15) is 30.1 Å². The van der Waals surface area contributed by atoms with Crippen molar-refractivity contribution in [1.29, 1.82) is 0 Å². The Morgan fingerprint density at radius 2 is 1.63 bits per heavy atom. The fraction of sp³-hybridized carbons (Fsp3) is 0.263. The highest BCUT2D eigenvalue weighted by molar-refractivity contribution is 7.89. The zero-order chi connectivity index (χ0) is 19.4. The van der Waals surface area contributed by atoms with Gasteiger partial charge in [-0.2, -0.15) is 0 Å². The summed E-state index contributed by atoms with van der Waals surface area (Å²) in [6, 6.07) is 13.8. The molecule has 3 N–H and O–H groups in total. The molecule has 0 heterocycles. The summed E-state index contributed by atoms with van der Waals surface area (Å²) in [6.07, 6.45) is 1.72. The van der Waals surface area contributed by atoms with E-state index in [0.29, 0.717) is 11.3 Å². The smallest absolute Gasteiger partial charge is 0.251 e. The molecule has 1 aliphatic carbocycles. The summed E-state index contributed by atoms with van der Waals surface area (Å²) >= 11 is 0. The van der Waals surface area contributed by atoms with Crippen LogP contribution < -0.4 is 15.4 Å². The minimum Gasteiger partial charge on any atom is -0.341 e. The molecule has 1 unspecified atom stereocenters. The molecule has 3 rings (SSSR count). The normalized spacial score (nSPS) is 15.0. The first kappa shape index (κ1) is 19.1. The molecule has 0 radical (unpaired) electrons. The van der Waals surface area contributed by atoms with Crippen molar-refractivity contribution in [2.75, 3.05) is 5.32 Å².